The van der Waals surface area contributed by atoms with Crippen LogP contribution in [-0.4, -0.2) is 53.2 Å². The van der Waals surface area contributed by atoms with Crippen LogP contribution in [0, 0.1) is 0 Å². The zero-order valence-electron chi connectivity index (χ0n) is 26.4. The molecule has 4 aromatic carbocycles. The maximum Gasteiger partial charge on any atom is 0.417 e. The summed E-state index contributed by atoms with van der Waals surface area (Å²) in [6, 6.07) is 31.4. The Morgan fingerprint density at radius 1 is 0.957 bits per heavy atom. The molecule has 0 bridgehead atoms. The third-order valence-corrected chi connectivity index (χ3v) is 9.57. The molecule has 4 aromatic rings. The topological polar surface area (TPSA) is 53.0 Å². The number of carboxylic acid groups (broad SMARTS) is 1. The van der Waals surface area contributed by atoms with Crippen molar-refractivity contribution >= 4 is 17.6 Å². The highest BCUT2D eigenvalue weighted by Crippen LogP contribution is 2.40. The van der Waals surface area contributed by atoms with E-state index in [0.29, 0.717) is 38.1 Å². The molecule has 0 aromatic heterocycles. The summed E-state index contributed by atoms with van der Waals surface area (Å²) in [4.78, 5) is 15.8. The molecule has 0 amide bonds. The van der Waals surface area contributed by atoms with E-state index in [1.807, 2.05) is 89.8 Å². The molecule has 0 spiro atoms. The van der Waals surface area contributed by atoms with Crippen LogP contribution in [0.3, 0.4) is 0 Å². The van der Waals surface area contributed by atoms with Crippen molar-refractivity contribution in [1.29, 1.82) is 0 Å². The number of ether oxygens (including phenoxy) is 1. The van der Waals surface area contributed by atoms with Gasteiger partial charge in [-0.15, -0.1) is 0 Å². The van der Waals surface area contributed by atoms with Crippen LogP contribution in [0.5, 0.6) is 5.75 Å². The molecule has 5 rings (SSSR count). The molecular formula is C38H40ClF3N2O3. The Labute approximate surface area is 279 Å². The molecule has 0 radical (unpaired) electrons. The van der Waals surface area contributed by atoms with Gasteiger partial charge in [-0.1, -0.05) is 96.5 Å². The molecule has 47 heavy (non-hydrogen) atoms. The first-order chi connectivity index (χ1) is 22.6. The smallest absolute Gasteiger partial charge is 0.417 e. The van der Waals surface area contributed by atoms with Gasteiger partial charge in [0.15, 0.2) is 0 Å². The Bertz CT molecular complexity index is 1580. The maximum absolute atomic E-state index is 13.8. The second-order valence-electron chi connectivity index (χ2n) is 12.1. The lowest BCUT2D eigenvalue weighted by Crippen LogP contribution is -2.45. The predicted molar refractivity (Wildman–Crippen MR) is 179 cm³/mol. The van der Waals surface area contributed by atoms with Crippen molar-refractivity contribution in [2.45, 2.75) is 56.9 Å². The summed E-state index contributed by atoms with van der Waals surface area (Å²) >= 11 is 6.42. The first kappa shape index (κ1) is 34.5. The highest BCUT2D eigenvalue weighted by molar-refractivity contribution is 6.32. The highest BCUT2D eigenvalue weighted by Gasteiger charge is 2.38. The summed E-state index contributed by atoms with van der Waals surface area (Å²) in [5, 5.41) is 9.20. The quantitative estimate of drug-likeness (QED) is 0.137. The number of aliphatic carboxylic acids is 1. The number of rotatable bonds is 14. The van der Waals surface area contributed by atoms with Crippen molar-refractivity contribution in [3.8, 4) is 5.75 Å². The van der Waals surface area contributed by atoms with E-state index in [1.165, 1.54) is 6.07 Å². The Hall–Kier alpha value is -3.85. The number of halogens is 4. The molecule has 0 aliphatic carbocycles. The molecule has 1 heterocycles. The molecule has 1 atom stereocenters. The lowest BCUT2D eigenvalue weighted by molar-refractivity contribution is -0.142. The largest absolute Gasteiger partial charge is 0.494 e. The fourth-order valence-corrected chi connectivity index (χ4v) is 6.82. The molecular weight excluding hydrogens is 625 g/mol. The minimum absolute atomic E-state index is 0.187. The summed E-state index contributed by atoms with van der Waals surface area (Å²) in [7, 11) is 0. The highest BCUT2D eigenvalue weighted by atomic mass is 35.5. The second-order valence-corrected chi connectivity index (χ2v) is 12.5. The number of nitrogens with zero attached hydrogens (tertiary/aromatic N) is 2. The Kier molecular flexibility index (Phi) is 11.3. The third-order valence-electron chi connectivity index (χ3n) is 9.13. The predicted octanol–water partition coefficient (Wildman–Crippen LogP) is 8.69. The van der Waals surface area contributed by atoms with Gasteiger partial charge in [-0.05, 0) is 79.6 Å². The number of alkyl halides is 3. The molecule has 1 saturated heterocycles. The van der Waals surface area contributed by atoms with Crippen LogP contribution >= 0.6 is 11.6 Å². The second kappa shape index (κ2) is 15.4. The normalized spacial score (nSPS) is 15.7. The minimum Gasteiger partial charge on any atom is -0.494 e. The third kappa shape index (κ3) is 8.36. The monoisotopic (exact) mass is 664 g/mol. The van der Waals surface area contributed by atoms with E-state index in [0.717, 1.165) is 47.9 Å². The molecule has 1 N–H and O–H groups in total. The molecule has 5 nitrogen and oxygen atoms in total. The summed E-state index contributed by atoms with van der Waals surface area (Å²) in [6.07, 6.45) is -1.66. The van der Waals surface area contributed by atoms with E-state index in [4.69, 9.17) is 16.3 Å². The van der Waals surface area contributed by atoms with Crippen LogP contribution in [0.2, 0.25) is 5.02 Å². The summed E-state index contributed by atoms with van der Waals surface area (Å²) in [6.45, 7) is 4.65. The average Bonchev–Trinajstić information content (AvgIpc) is 3.55. The molecule has 1 fully saturated rings. The number of likely N-dealkylation sites (tertiary alicyclic amines) is 1. The standard InChI is InChI=1S/C38H40ClF3N2O3/c1-37(30-14-4-2-5-15-30,31-16-6-3-7-17-31)44(27-29-13-9-19-33(35(29)39)38(40,41)42)23-11-25-47-32-18-8-12-28(26-32)21-24-43-22-10-20-34(43)36(45)46/h2-9,12-19,26,34H,10-11,20-25,27H2,1H3,(H,45,46)/t34-/m1/s1. The van der Waals surface area contributed by atoms with E-state index in [-0.39, 0.29) is 11.6 Å². The summed E-state index contributed by atoms with van der Waals surface area (Å²) in [5.74, 6) is -0.0420. The van der Waals surface area contributed by atoms with E-state index in [1.54, 1.807) is 6.07 Å². The lowest BCUT2D eigenvalue weighted by atomic mass is 9.82. The Morgan fingerprint density at radius 2 is 1.62 bits per heavy atom. The fraction of sp³-hybridized carbons (Fsp3) is 0.342. The maximum atomic E-state index is 13.8. The molecule has 1 aliphatic heterocycles. The number of carbonyl (C=O) groups is 1. The summed E-state index contributed by atoms with van der Waals surface area (Å²) in [5.41, 5.74) is 1.95. The number of hydrogen-bond donors (Lipinski definition) is 1. The van der Waals surface area contributed by atoms with Gasteiger partial charge < -0.3 is 9.84 Å². The van der Waals surface area contributed by atoms with Crippen LogP contribution in [0.25, 0.3) is 0 Å². The van der Waals surface area contributed by atoms with Gasteiger partial charge in [0.2, 0.25) is 0 Å². The number of hydrogen-bond acceptors (Lipinski definition) is 4. The van der Waals surface area contributed by atoms with Crippen molar-refractivity contribution < 1.29 is 27.8 Å². The van der Waals surface area contributed by atoms with Gasteiger partial charge in [0, 0.05) is 19.6 Å². The van der Waals surface area contributed by atoms with Crippen LogP contribution in [-0.2, 0) is 29.5 Å². The first-order valence-electron chi connectivity index (χ1n) is 16.0. The van der Waals surface area contributed by atoms with Crippen molar-refractivity contribution in [1.82, 2.24) is 9.80 Å². The fourth-order valence-electron chi connectivity index (χ4n) is 6.53. The van der Waals surface area contributed by atoms with Crippen molar-refractivity contribution in [3.63, 3.8) is 0 Å². The molecule has 1 aliphatic rings. The van der Waals surface area contributed by atoms with Crippen LogP contribution in [0.1, 0.15) is 54.0 Å². The van der Waals surface area contributed by atoms with E-state index < -0.39 is 29.3 Å². The van der Waals surface area contributed by atoms with Gasteiger partial charge in [-0.2, -0.15) is 13.2 Å². The SMILES string of the molecule is CC(c1ccccc1)(c1ccccc1)N(CCCOc1cccc(CCN2CCC[C@@H]2C(=O)O)c1)Cc1cccc(C(F)(F)F)c1Cl. The number of benzene rings is 4. The van der Waals surface area contributed by atoms with Gasteiger partial charge in [0.1, 0.15) is 11.8 Å². The zero-order chi connectivity index (χ0) is 33.4. The average molecular weight is 665 g/mol. The van der Waals surface area contributed by atoms with Crippen LogP contribution in [0.4, 0.5) is 13.2 Å². The van der Waals surface area contributed by atoms with Crippen molar-refractivity contribution in [2.75, 3.05) is 26.2 Å². The Balaban J connectivity index is 1.34. The van der Waals surface area contributed by atoms with Gasteiger partial charge in [0.05, 0.1) is 22.7 Å². The van der Waals surface area contributed by atoms with Gasteiger partial charge >= 0.3 is 12.1 Å². The van der Waals surface area contributed by atoms with Crippen molar-refractivity contribution in [2.24, 2.45) is 0 Å². The van der Waals surface area contributed by atoms with E-state index in [2.05, 4.69) is 11.8 Å². The first-order valence-corrected chi connectivity index (χ1v) is 16.3. The van der Waals surface area contributed by atoms with E-state index >= 15 is 0 Å². The Morgan fingerprint density at radius 3 is 2.26 bits per heavy atom. The van der Waals surface area contributed by atoms with Crippen LogP contribution in [0.15, 0.2) is 103 Å². The zero-order valence-corrected chi connectivity index (χ0v) is 27.2. The molecule has 248 valence electrons. The van der Waals surface area contributed by atoms with E-state index in [9.17, 15) is 23.1 Å². The molecule has 0 unspecified atom stereocenters. The van der Waals surface area contributed by atoms with Crippen molar-refractivity contribution in [3.05, 3.63) is 136 Å². The van der Waals surface area contributed by atoms with Gasteiger partial charge in [0.25, 0.3) is 0 Å². The van der Waals surface area contributed by atoms with Gasteiger partial charge in [-0.25, -0.2) is 0 Å². The molecule has 9 heteroatoms. The van der Waals surface area contributed by atoms with Crippen LogP contribution < -0.4 is 4.74 Å². The summed E-state index contributed by atoms with van der Waals surface area (Å²) < 4.78 is 47.6. The number of carboxylic acids is 1. The minimum atomic E-state index is -4.56. The van der Waals surface area contributed by atoms with Gasteiger partial charge in [-0.3, -0.25) is 14.6 Å². The lowest BCUT2D eigenvalue weighted by Gasteiger charge is -2.43. The molecule has 0 saturated carbocycles.